The van der Waals surface area contributed by atoms with Crippen LogP contribution >= 0.6 is 0 Å². The Labute approximate surface area is 162 Å². The lowest BCUT2D eigenvalue weighted by Gasteiger charge is -2.12. The Morgan fingerprint density at radius 1 is 1.11 bits per heavy atom. The summed E-state index contributed by atoms with van der Waals surface area (Å²) in [6.45, 7) is 4.22. The quantitative estimate of drug-likeness (QED) is 0.608. The van der Waals surface area contributed by atoms with Gasteiger partial charge in [-0.3, -0.25) is 4.79 Å². The fraction of sp³-hybridized carbons (Fsp3) is 0.200. The van der Waals surface area contributed by atoms with Crippen molar-refractivity contribution in [1.82, 2.24) is 14.9 Å². The predicted octanol–water partition coefficient (Wildman–Crippen LogP) is 2.88. The van der Waals surface area contributed by atoms with E-state index in [1.807, 2.05) is 44.2 Å². The molecule has 0 aliphatic rings. The van der Waals surface area contributed by atoms with Crippen LogP contribution in [0.25, 0.3) is 0 Å². The van der Waals surface area contributed by atoms with Gasteiger partial charge in [0.05, 0.1) is 12.8 Å². The Bertz CT molecular complexity index is 937. The lowest BCUT2D eigenvalue weighted by molar-refractivity contribution is -0.118. The van der Waals surface area contributed by atoms with Crippen LogP contribution in [-0.2, 0) is 4.79 Å². The first kappa shape index (κ1) is 19.1. The molecule has 1 N–H and O–H groups in total. The van der Waals surface area contributed by atoms with Gasteiger partial charge in [-0.05, 0) is 49.7 Å². The third kappa shape index (κ3) is 5.41. The van der Waals surface area contributed by atoms with Crippen LogP contribution in [0.2, 0.25) is 0 Å². The molecule has 3 rings (SSSR count). The molecule has 0 unspecified atom stereocenters. The molecule has 28 heavy (non-hydrogen) atoms. The number of carbonyl (C=O) groups is 1. The Morgan fingerprint density at radius 3 is 2.57 bits per heavy atom. The number of aryl methyl sites for hydroxylation is 1. The van der Waals surface area contributed by atoms with E-state index in [1.165, 1.54) is 17.3 Å². The second kappa shape index (κ2) is 9.31. The van der Waals surface area contributed by atoms with E-state index in [2.05, 4.69) is 20.6 Å². The minimum Gasteiger partial charge on any atom is -0.490 e. The second-order valence-corrected chi connectivity index (χ2v) is 5.93. The molecule has 0 aliphatic heterocycles. The van der Waals surface area contributed by atoms with Gasteiger partial charge in [0.25, 0.3) is 5.91 Å². The number of amides is 1. The fourth-order valence-electron chi connectivity index (χ4n) is 2.36. The van der Waals surface area contributed by atoms with Crippen molar-refractivity contribution in [2.75, 3.05) is 18.5 Å². The summed E-state index contributed by atoms with van der Waals surface area (Å²) in [7, 11) is 0. The molecule has 1 heterocycles. The summed E-state index contributed by atoms with van der Waals surface area (Å²) in [6.07, 6.45) is 4.63. The lowest BCUT2D eigenvalue weighted by atomic mass is 10.2. The number of nitrogens with one attached hydrogen (secondary N) is 1. The SMILES string of the molecule is CCOc1cc(/C=N/n2cnnc2)ccc1OCC(=O)Nc1ccc(C)cc1. The summed E-state index contributed by atoms with van der Waals surface area (Å²) in [6, 6.07) is 12.9. The van der Waals surface area contributed by atoms with Crippen LogP contribution < -0.4 is 14.8 Å². The maximum atomic E-state index is 12.1. The first-order valence-electron chi connectivity index (χ1n) is 8.79. The third-order valence-electron chi connectivity index (χ3n) is 3.71. The number of rotatable bonds is 8. The largest absolute Gasteiger partial charge is 0.490 e. The molecule has 0 aliphatic carbocycles. The topological polar surface area (TPSA) is 90.6 Å². The molecular formula is C20H21N5O3. The molecule has 1 aromatic heterocycles. The van der Waals surface area contributed by atoms with Crippen LogP contribution in [0.1, 0.15) is 18.1 Å². The number of hydrogen-bond donors (Lipinski definition) is 1. The third-order valence-corrected chi connectivity index (χ3v) is 3.71. The molecule has 0 radical (unpaired) electrons. The standard InChI is InChI=1S/C20H21N5O3/c1-3-27-19-10-16(11-23-25-13-21-22-14-25)6-9-18(19)28-12-20(26)24-17-7-4-15(2)5-8-17/h4-11,13-14H,3,12H2,1-2H3,(H,24,26)/b23-11+. The zero-order valence-corrected chi connectivity index (χ0v) is 15.7. The number of benzene rings is 2. The van der Waals surface area contributed by atoms with Gasteiger partial charge < -0.3 is 14.8 Å². The smallest absolute Gasteiger partial charge is 0.262 e. The van der Waals surface area contributed by atoms with Crippen LogP contribution in [-0.4, -0.2) is 40.2 Å². The van der Waals surface area contributed by atoms with E-state index in [1.54, 1.807) is 18.3 Å². The Morgan fingerprint density at radius 2 is 1.86 bits per heavy atom. The van der Waals surface area contributed by atoms with E-state index in [9.17, 15) is 4.79 Å². The molecular weight excluding hydrogens is 358 g/mol. The molecule has 0 spiro atoms. The summed E-state index contributed by atoms with van der Waals surface area (Å²) in [5.74, 6) is 0.783. The first-order valence-corrected chi connectivity index (χ1v) is 8.79. The highest BCUT2D eigenvalue weighted by Gasteiger charge is 2.09. The zero-order valence-electron chi connectivity index (χ0n) is 15.7. The summed E-state index contributed by atoms with van der Waals surface area (Å²) in [4.78, 5) is 12.1. The maximum Gasteiger partial charge on any atom is 0.262 e. The van der Waals surface area contributed by atoms with Gasteiger partial charge in [0.2, 0.25) is 0 Å². The molecule has 0 atom stereocenters. The average Bonchev–Trinajstić information content (AvgIpc) is 3.21. The van der Waals surface area contributed by atoms with E-state index in [-0.39, 0.29) is 12.5 Å². The van der Waals surface area contributed by atoms with Crippen molar-refractivity contribution in [2.24, 2.45) is 5.10 Å². The van der Waals surface area contributed by atoms with Crippen molar-refractivity contribution in [3.05, 3.63) is 66.2 Å². The van der Waals surface area contributed by atoms with Crippen LogP contribution in [0.4, 0.5) is 5.69 Å². The van der Waals surface area contributed by atoms with Gasteiger partial charge in [-0.2, -0.15) is 5.10 Å². The predicted molar refractivity (Wildman–Crippen MR) is 106 cm³/mol. The molecule has 8 nitrogen and oxygen atoms in total. The Hall–Kier alpha value is -3.68. The minimum absolute atomic E-state index is 0.123. The highest BCUT2D eigenvalue weighted by atomic mass is 16.5. The van der Waals surface area contributed by atoms with Crippen LogP contribution in [0.5, 0.6) is 11.5 Å². The van der Waals surface area contributed by atoms with Gasteiger partial charge in [0.15, 0.2) is 18.1 Å². The van der Waals surface area contributed by atoms with Gasteiger partial charge in [0.1, 0.15) is 12.7 Å². The number of nitrogens with zero attached hydrogens (tertiary/aromatic N) is 4. The van der Waals surface area contributed by atoms with E-state index < -0.39 is 0 Å². The number of aromatic nitrogens is 3. The summed E-state index contributed by atoms with van der Waals surface area (Å²) in [5.41, 5.74) is 2.67. The van der Waals surface area contributed by atoms with E-state index in [0.717, 1.165) is 16.8 Å². The fourth-order valence-corrected chi connectivity index (χ4v) is 2.36. The molecule has 0 saturated heterocycles. The lowest BCUT2D eigenvalue weighted by Crippen LogP contribution is -2.20. The molecule has 144 valence electrons. The van der Waals surface area contributed by atoms with Crippen LogP contribution in [0.15, 0.2) is 60.2 Å². The van der Waals surface area contributed by atoms with Gasteiger partial charge in [-0.25, -0.2) is 4.68 Å². The Balaban J connectivity index is 1.63. The monoisotopic (exact) mass is 379 g/mol. The second-order valence-electron chi connectivity index (χ2n) is 5.93. The van der Waals surface area contributed by atoms with Crippen LogP contribution in [0.3, 0.4) is 0 Å². The number of hydrogen-bond acceptors (Lipinski definition) is 6. The maximum absolute atomic E-state index is 12.1. The molecule has 1 amide bonds. The number of carbonyl (C=O) groups excluding carboxylic acids is 1. The van der Waals surface area contributed by atoms with E-state index >= 15 is 0 Å². The molecule has 3 aromatic rings. The molecule has 8 heteroatoms. The zero-order chi connectivity index (χ0) is 19.8. The van der Waals surface area contributed by atoms with Crippen molar-refractivity contribution in [1.29, 1.82) is 0 Å². The average molecular weight is 379 g/mol. The molecule has 0 saturated carbocycles. The van der Waals surface area contributed by atoms with E-state index in [4.69, 9.17) is 9.47 Å². The Kier molecular flexibility index (Phi) is 6.35. The molecule has 0 bridgehead atoms. The number of anilines is 1. The minimum atomic E-state index is -0.246. The van der Waals surface area contributed by atoms with Gasteiger partial charge >= 0.3 is 0 Å². The summed E-state index contributed by atoms with van der Waals surface area (Å²) in [5, 5.41) is 14.4. The van der Waals surface area contributed by atoms with Crippen molar-refractivity contribution >= 4 is 17.8 Å². The molecule has 2 aromatic carbocycles. The highest BCUT2D eigenvalue weighted by molar-refractivity contribution is 5.92. The van der Waals surface area contributed by atoms with Gasteiger partial charge in [-0.1, -0.05) is 17.7 Å². The number of ether oxygens (including phenoxy) is 2. The summed E-state index contributed by atoms with van der Waals surface area (Å²) < 4.78 is 12.8. The molecule has 0 fully saturated rings. The van der Waals surface area contributed by atoms with Crippen molar-refractivity contribution in [3.8, 4) is 11.5 Å². The normalized spacial score (nSPS) is 10.8. The highest BCUT2D eigenvalue weighted by Crippen LogP contribution is 2.28. The van der Waals surface area contributed by atoms with Crippen molar-refractivity contribution in [2.45, 2.75) is 13.8 Å². The van der Waals surface area contributed by atoms with Gasteiger partial charge in [0, 0.05) is 5.69 Å². The van der Waals surface area contributed by atoms with Crippen molar-refractivity contribution in [3.63, 3.8) is 0 Å². The van der Waals surface area contributed by atoms with Crippen LogP contribution in [0, 0.1) is 6.92 Å². The summed E-state index contributed by atoms with van der Waals surface area (Å²) >= 11 is 0. The van der Waals surface area contributed by atoms with E-state index in [0.29, 0.717) is 18.1 Å². The van der Waals surface area contributed by atoms with Crippen molar-refractivity contribution < 1.29 is 14.3 Å². The van der Waals surface area contributed by atoms with Gasteiger partial charge in [-0.15, -0.1) is 10.2 Å². The first-order chi connectivity index (χ1) is 13.6.